The van der Waals surface area contributed by atoms with Crippen LogP contribution < -0.4 is 10.6 Å². The number of nitrogens with one attached hydrogen (secondary N) is 2. The minimum absolute atomic E-state index is 0.379. The van der Waals surface area contributed by atoms with Crippen molar-refractivity contribution in [3.63, 3.8) is 0 Å². The molecule has 4 heteroatoms. The predicted octanol–water partition coefficient (Wildman–Crippen LogP) is 2.69. The van der Waals surface area contributed by atoms with Crippen LogP contribution in [0.5, 0.6) is 0 Å². The van der Waals surface area contributed by atoms with Gasteiger partial charge >= 0.3 is 0 Å². The Kier molecular flexibility index (Phi) is 4.72. The van der Waals surface area contributed by atoms with E-state index in [1.807, 2.05) is 7.05 Å². The van der Waals surface area contributed by atoms with Gasteiger partial charge in [-0.15, -0.1) is 0 Å². The molecule has 120 valence electrons. The molecule has 1 spiro atoms. The summed E-state index contributed by atoms with van der Waals surface area (Å²) in [6.07, 6.45) is 11.1. The van der Waals surface area contributed by atoms with Gasteiger partial charge in [0.1, 0.15) is 0 Å². The monoisotopic (exact) mass is 293 g/mol. The Bertz CT molecular complexity index is 372. The molecular formula is C17H31N3O. The van der Waals surface area contributed by atoms with Gasteiger partial charge < -0.3 is 15.4 Å². The van der Waals surface area contributed by atoms with Gasteiger partial charge in [0, 0.05) is 31.7 Å². The molecule has 3 aliphatic rings. The lowest BCUT2D eigenvalue weighted by Gasteiger charge is -2.54. The van der Waals surface area contributed by atoms with Crippen LogP contribution in [0, 0.1) is 11.3 Å². The average Bonchev–Trinajstić information content (AvgIpc) is 3.16. The van der Waals surface area contributed by atoms with E-state index in [0.717, 1.165) is 31.4 Å². The number of guanidine groups is 1. The summed E-state index contributed by atoms with van der Waals surface area (Å²) < 4.78 is 5.98. The van der Waals surface area contributed by atoms with E-state index in [0.29, 0.717) is 17.6 Å². The van der Waals surface area contributed by atoms with Crippen LogP contribution in [0.15, 0.2) is 4.99 Å². The van der Waals surface area contributed by atoms with E-state index >= 15 is 0 Å². The molecule has 0 bridgehead atoms. The summed E-state index contributed by atoms with van der Waals surface area (Å²) >= 11 is 0. The fraction of sp³-hybridized carbons (Fsp3) is 0.941. The summed E-state index contributed by atoms with van der Waals surface area (Å²) in [5.41, 5.74) is 0.379. The second-order valence-corrected chi connectivity index (χ2v) is 7.05. The van der Waals surface area contributed by atoms with Gasteiger partial charge in [0.15, 0.2) is 5.96 Å². The van der Waals surface area contributed by atoms with Gasteiger partial charge in [0.25, 0.3) is 0 Å². The molecule has 0 aromatic heterocycles. The molecule has 2 unspecified atom stereocenters. The summed E-state index contributed by atoms with van der Waals surface area (Å²) in [6.45, 7) is 4.01. The highest BCUT2D eigenvalue weighted by atomic mass is 16.5. The highest BCUT2D eigenvalue weighted by Gasteiger charge is 2.56. The Balaban J connectivity index is 1.50. The van der Waals surface area contributed by atoms with Crippen molar-refractivity contribution >= 4 is 5.96 Å². The van der Waals surface area contributed by atoms with Crippen molar-refractivity contribution in [1.82, 2.24) is 10.6 Å². The molecule has 2 atom stereocenters. The van der Waals surface area contributed by atoms with Crippen molar-refractivity contribution in [3.05, 3.63) is 0 Å². The lowest BCUT2D eigenvalue weighted by Crippen LogP contribution is -2.65. The van der Waals surface area contributed by atoms with E-state index in [9.17, 15) is 0 Å². The molecule has 0 heterocycles. The standard InChI is InChI=1S/C17H31N3O/c1-3-21-15-12-14(17(15)9-4-5-10-17)20-16(18-2)19-11-8-13-6-7-13/h13-15H,3-12H2,1-2H3,(H2,18,19,20). The molecule has 0 radical (unpaired) electrons. The van der Waals surface area contributed by atoms with E-state index in [2.05, 4.69) is 22.5 Å². The van der Waals surface area contributed by atoms with Crippen molar-refractivity contribution in [3.8, 4) is 0 Å². The summed E-state index contributed by atoms with van der Waals surface area (Å²) in [5, 5.41) is 7.17. The second kappa shape index (κ2) is 6.55. The molecular weight excluding hydrogens is 262 g/mol. The Morgan fingerprint density at radius 1 is 1.29 bits per heavy atom. The highest BCUT2D eigenvalue weighted by Crippen LogP contribution is 2.54. The van der Waals surface area contributed by atoms with E-state index in [1.54, 1.807) is 0 Å². The molecule has 4 nitrogen and oxygen atoms in total. The highest BCUT2D eigenvalue weighted by molar-refractivity contribution is 5.80. The van der Waals surface area contributed by atoms with Crippen LogP contribution in [-0.2, 0) is 4.74 Å². The van der Waals surface area contributed by atoms with Crippen molar-refractivity contribution in [2.24, 2.45) is 16.3 Å². The second-order valence-electron chi connectivity index (χ2n) is 7.05. The van der Waals surface area contributed by atoms with E-state index in [-0.39, 0.29) is 0 Å². The van der Waals surface area contributed by atoms with Crippen LogP contribution in [0.3, 0.4) is 0 Å². The molecule has 0 aliphatic heterocycles. The van der Waals surface area contributed by atoms with Crippen molar-refractivity contribution < 1.29 is 4.74 Å². The maximum atomic E-state index is 5.98. The number of rotatable bonds is 6. The molecule has 21 heavy (non-hydrogen) atoms. The first-order valence-corrected chi connectivity index (χ1v) is 8.87. The fourth-order valence-electron chi connectivity index (χ4n) is 4.25. The summed E-state index contributed by atoms with van der Waals surface area (Å²) in [5.74, 6) is 1.96. The molecule has 3 fully saturated rings. The molecule has 0 aromatic carbocycles. The van der Waals surface area contributed by atoms with Crippen LogP contribution >= 0.6 is 0 Å². The maximum absolute atomic E-state index is 5.98. The topological polar surface area (TPSA) is 45.6 Å². The van der Waals surface area contributed by atoms with Gasteiger partial charge in [-0.05, 0) is 38.5 Å². The summed E-state index contributed by atoms with van der Waals surface area (Å²) in [4.78, 5) is 4.41. The third-order valence-corrected chi connectivity index (χ3v) is 5.76. The Morgan fingerprint density at radius 2 is 2.05 bits per heavy atom. The van der Waals surface area contributed by atoms with Crippen LogP contribution in [0.1, 0.15) is 58.3 Å². The van der Waals surface area contributed by atoms with Crippen LogP contribution in [0.25, 0.3) is 0 Å². The lowest BCUT2D eigenvalue weighted by atomic mass is 9.60. The zero-order valence-electron chi connectivity index (χ0n) is 13.7. The molecule has 0 aromatic rings. The molecule has 3 rings (SSSR count). The number of nitrogens with zero attached hydrogens (tertiary/aromatic N) is 1. The normalized spacial score (nSPS) is 31.2. The Labute approximate surface area is 129 Å². The zero-order chi connectivity index (χ0) is 14.7. The molecule has 3 aliphatic carbocycles. The first kappa shape index (κ1) is 15.1. The number of aliphatic imine (C=N–C) groups is 1. The van der Waals surface area contributed by atoms with Crippen LogP contribution in [-0.4, -0.2) is 38.3 Å². The van der Waals surface area contributed by atoms with Crippen molar-refractivity contribution in [2.75, 3.05) is 20.2 Å². The summed E-state index contributed by atoms with van der Waals surface area (Å²) in [6, 6.07) is 0.545. The first-order chi connectivity index (χ1) is 10.3. The third-order valence-electron chi connectivity index (χ3n) is 5.76. The smallest absolute Gasteiger partial charge is 0.191 e. The molecule has 0 amide bonds. The van der Waals surface area contributed by atoms with E-state index in [4.69, 9.17) is 4.74 Å². The molecule has 3 saturated carbocycles. The lowest BCUT2D eigenvalue weighted by molar-refractivity contribution is -0.125. The average molecular weight is 293 g/mol. The van der Waals surface area contributed by atoms with E-state index in [1.165, 1.54) is 44.9 Å². The summed E-state index contributed by atoms with van der Waals surface area (Å²) in [7, 11) is 1.88. The first-order valence-electron chi connectivity index (χ1n) is 8.87. The van der Waals surface area contributed by atoms with Gasteiger partial charge in [-0.2, -0.15) is 0 Å². The Morgan fingerprint density at radius 3 is 2.67 bits per heavy atom. The minimum Gasteiger partial charge on any atom is -0.378 e. The molecule has 0 saturated heterocycles. The number of hydrogen-bond acceptors (Lipinski definition) is 2. The van der Waals surface area contributed by atoms with Gasteiger partial charge in [0.05, 0.1) is 6.10 Å². The van der Waals surface area contributed by atoms with Gasteiger partial charge in [-0.1, -0.05) is 25.7 Å². The van der Waals surface area contributed by atoms with Gasteiger partial charge in [0.2, 0.25) is 0 Å². The number of hydrogen-bond donors (Lipinski definition) is 2. The molecule has 2 N–H and O–H groups in total. The van der Waals surface area contributed by atoms with Crippen molar-refractivity contribution in [1.29, 1.82) is 0 Å². The SMILES string of the molecule is CCOC1CC(NC(=NC)NCCC2CC2)C12CCCC2. The predicted molar refractivity (Wildman–Crippen MR) is 86.6 cm³/mol. The maximum Gasteiger partial charge on any atom is 0.191 e. The minimum atomic E-state index is 0.379. The van der Waals surface area contributed by atoms with Crippen LogP contribution in [0.4, 0.5) is 0 Å². The van der Waals surface area contributed by atoms with Gasteiger partial charge in [-0.25, -0.2) is 0 Å². The fourth-order valence-corrected chi connectivity index (χ4v) is 4.25. The van der Waals surface area contributed by atoms with E-state index < -0.39 is 0 Å². The van der Waals surface area contributed by atoms with Crippen LogP contribution in [0.2, 0.25) is 0 Å². The van der Waals surface area contributed by atoms with Gasteiger partial charge in [-0.3, -0.25) is 4.99 Å². The Hall–Kier alpha value is -0.770. The third kappa shape index (κ3) is 3.20. The zero-order valence-corrected chi connectivity index (χ0v) is 13.7. The van der Waals surface area contributed by atoms with Crippen molar-refractivity contribution in [2.45, 2.75) is 70.4 Å². The largest absolute Gasteiger partial charge is 0.378 e. The number of ether oxygens (including phenoxy) is 1. The quantitative estimate of drug-likeness (QED) is 0.584.